The number of aliphatic imine (C=N–C) groups is 1. The number of guanidine groups is 1. The average Bonchev–Trinajstić information content (AvgIpc) is 2.65. The zero-order valence-electron chi connectivity index (χ0n) is 14.4. The molecule has 0 aliphatic rings. The number of methoxy groups -OCH3 is 1. The lowest BCUT2D eigenvalue weighted by atomic mass is 10.2. The summed E-state index contributed by atoms with van der Waals surface area (Å²) in [5.74, 6) is 1.32. The molecule has 25 heavy (non-hydrogen) atoms. The van der Waals surface area contributed by atoms with Gasteiger partial charge in [-0.25, -0.2) is 8.42 Å². The largest absolute Gasteiger partial charge is 0.496 e. The molecule has 0 saturated carbocycles. The van der Waals surface area contributed by atoms with E-state index in [1.54, 1.807) is 44.5 Å². The van der Waals surface area contributed by atoms with Gasteiger partial charge in [-0.2, -0.15) is 0 Å². The lowest BCUT2D eigenvalue weighted by Crippen LogP contribution is -2.39. The van der Waals surface area contributed by atoms with Gasteiger partial charge in [0.15, 0.2) is 15.8 Å². The van der Waals surface area contributed by atoms with Crippen molar-refractivity contribution in [2.75, 3.05) is 26.5 Å². The Kier molecular flexibility index (Phi) is 6.82. The summed E-state index contributed by atoms with van der Waals surface area (Å²) in [5, 5.41) is 6.17. The van der Waals surface area contributed by atoms with Gasteiger partial charge >= 0.3 is 0 Å². The average molecular weight is 361 g/mol. The van der Waals surface area contributed by atoms with Crippen molar-refractivity contribution in [3.63, 3.8) is 0 Å². The van der Waals surface area contributed by atoms with Crippen LogP contribution >= 0.6 is 0 Å². The third-order valence-electron chi connectivity index (χ3n) is 3.63. The first-order chi connectivity index (χ1) is 12.1. The van der Waals surface area contributed by atoms with Crippen LogP contribution in [0.2, 0.25) is 0 Å². The summed E-state index contributed by atoms with van der Waals surface area (Å²) in [7, 11) is -0.0398. The third-order valence-corrected chi connectivity index (χ3v) is 5.36. The van der Waals surface area contributed by atoms with Crippen LogP contribution in [0.3, 0.4) is 0 Å². The number of sulfone groups is 1. The van der Waals surface area contributed by atoms with Crippen LogP contribution in [0, 0.1) is 0 Å². The summed E-state index contributed by atoms with van der Waals surface area (Å²) >= 11 is 0. The first kappa shape index (κ1) is 18.8. The standard InChI is InChI=1S/C18H23N3O3S/c1-19-18(21-14-15-8-6-7-11-17(15)24-2)20-12-13-25(22,23)16-9-4-3-5-10-16/h3-11H,12-14H2,1-2H3,(H2,19,20,21). The zero-order valence-corrected chi connectivity index (χ0v) is 15.2. The molecule has 0 unspecified atom stereocenters. The van der Waals surface area contributed by atoms with E-state index in [0.29, 0.717) is 17.4 Å². The second-order valence-corrected chi connectivity index (χ2v) is 7.41. The van der Waals surface area contributed by atoms with E-state index < -0.39 is 9.84 Å². The molecule has 0 aromatic heterocycles. The summed E-state index contributed by atoms with van der Waals surface area (Å²) in [6.45, 7) is 0.790. The molecule has 6 nitrogen and oxygen atoms in total. The number of nitrogens with zero attached hydrogens (tertiary/aromatic N) is 1. The van der Waals surface area contributed by atoms with Crippen LogP contribution in [-0.4, -0.2) is 40.8 Å². The fraction of sp³-hybridized carbons (Fsp3) is 0.278. The number of hydrogen-bond acceptors (Lipinski definition) is 4. The summed E-state index contributed by atoms with van der Waals surface area (Å²) in [5.41, 5.74) is 0.991. The molecule has 7 heteroatoms. The molecule has 0 heterocycles. The Bertz CT molecular complexity index is 805. The number of benzene rings is 2. The van der Waals surface area contributed by atoms with Crippen molar-refractivity contribution in [2.45, 2.75) is 11.4 Å². The van der Waals surface area contributed by atoms with E-state index >= 15 is 0 Å². The first-order valence-corrected chi connectivity index (χ1v) is 9.56. The summed E-state index contributed by atoms with van der Waals surface area (Å²) < 4.78 is 29.8. The topological polar surface area (TPSA) is 79.8 Å². The molecule has 0 spiro atoms. The molecule has 0 amide bonds. The van der Waals surface area contributed by atoms with Gasteiger partial charge in [0.1, 0.15) is 5.75 Å². The Hall–Kier alpha value is -2.54. The van der Waals surface area contributed by atoms with Crippen LogP contribution in [0.5, 0.6) is 5.75 Å². The minimum absolute atomic E-state index is 0.00757. The molecule has 2 rings (SSSR count). The van der Waals surface area contributed by atoms with E-state index in [1.165, 1.54) is 0 Å². The SMILES string of the molecule is CN=C(NCCS(=O)(=O)c1ccccc1)NCc1ccccc1OC. The zero-order chi connectivity index (χ0) is 18.1. The van der Waals surface area contributed by atoms with E-state index in [1.807, 2.05) is 24.3 Å². The van der Waals surface area contributed by atoms with E-state index in [-0.39, 0.29) is 12.3 Å². The van der Waals surface area contributed by atoms with Crippen LogP contribution in [0.15, 0.2) is 64.5 Å². The van der Waals surface area contributed by atoms with Gasteiger partial charge in [-0.1, -0.05) is 36.4 Å². The highest BCUT2D eigenvalue weighted by atomic mass is 32.2. The number of nitrogens with one attached hydrogen (secondary N) is 2. The molecule has 2 aromatic carbocycles. The third kappa shape index (κ3) is 5.49. The molecule has 0 aliphatic heterocycles. The molecule has 0 aliphatic carbocycles. The van der Waals surface area contributed by atoms with E-state index in [4.69, 9.17) is 4.74 Å². The van der Waals surface area contributed by atoms with Gasteiger partial charge in [-0.3, -0.25) is 4.99 Å². The van der Waals surface area contributed by atoms with E-state index in [0.717, 1.165) is 11.3 Å². The minimum Gasteiger partial charge on any atom is -0.496 e. The molecule has 0 radical (unpaired) electrons. The Morgan fingerprint density at radius 1 is 1.04 bits per heavy atom. The monoisotopic (exact) mass is 361 g/mol. The van der Waals surface area contributed by atoms with Gasteiger partial charge in [-0.15, -0.1) is 0 Å². The molecular formula is C18H23N3O3S. The first-order valence-electron chi connectivity index (χ1n) is 7.91. The minimum atomic E-state index is -3.31. The second-order valence-electron chi connectivity index (χ2n) is 5.30. The van der Waals surface area contributed by atoms with Crippen LogP contribution in [0.25, 0.3) is 0 Å². The number of para-hydroxylation sites is 1. The number of hydrogen-bond donors (Lipinski definition) is 2. The molecule has 0 saturated heterocycles. The van der Waals surface area contributed by atoms with Gasteiger partial charge in [0.05, 0.1) is 17.8 Å². The summed E-state index contributed by atoms with van der Waals surface area (Å²) in [4.78, 5) is 4.44. The maximum atomic E-state index is 12.2. The maximum absolute atomic E-state index is 12.2. The van der Waals surface area contributed by atoms with Crippen molar-refractivity contribution in [1.82, 2.24) is 10.6 Å². The Morgan fingerprint density at radius 3 is 2.40 bits per heavy atom. The lowest BCUT2D eigenvalue weighted by Gasteiger charge is -2.13. The molecule has 2 N–H and O–H groups in total. The Labute approximate surface area is 148 Å². The highest BCUT2D eigenvalue weighted by Crippen LogP contribution is 2.16. The van der Waals surface area contributed by atoms with Gasteiger partial charge in [0.2, 0.25) is 0 Å². The summed E-state index contributed by atoms with van der Waals surface area (Å²) in [6.07, 6.45) is 0. The fourth-order valence-corrected chi connectivity index (χ4v) is 3.48. The fourth-order valence-electron chi connectivity index (χ4n) is 2.30. The van der Waals surface area contributed by atoms with Crippen LogP contribution in [0.1, 0.15) is 5.56 Å². The Balaban J connectivity index is 1.87. The molecule has 0 atom stereocenters. The van der Waals surface area contributed by atoms with Crippen LogP contribution in [0.4, 0.5) is 0 Å². The van der Waals surface area contributed by atoms with Crippen molar-refractivity contribution in [3.05, 3.63) is 60.2 Å². The quantitative estimate of drug-likeness (QED) is 0.581. The molecule has 0 bridgehead atoms. The normalized spacial score (nSPS) is 11.8. The summed E-state index contributed by atoms with van der Waals surface area (Å²) in [6, 6.07) is 16.1. The number of ether oxygens (including phenoxy) is 1. The number of rotatable bonds is 7. The Morgan fingerprint density at radius 2 is 1.72 bits per heavy atom. The van der Waals surface area contributed by atoms with Crippen molar-refractivity contribution in [1.29, 1.82) is 0 Å². The van der Waals surface area contributed by atoms with Gasteiger partial charge < -0.3 is 15.4 Å². The highest BCUT2D eigenvalue weighted by molar-refractivity contribution is 7.91. The molecule has 0 fully saturated rings. The lowest BCUT2D eigenvalue weighted by molar-refractivity contribution is 0.409. The van der Waals surface area contributed by atoms with Gasteiger partial charge in [0.25, 0.3) is 0 Å². The maximum Gasteiger partial charge on any atom is 0.191 e. The van der Waals surface area contributed by atoms with Crippen LogP contribution in [-0.2, 0) is 16.4 Å². The van der Waals surface area contributed by atoms with E-state index in [2.05, 4.69) is 15.6 Å². The predicted molar refractivity (Wildman–Crippen MR) is 99.7 cm³/mol. The molecule has 2 aromatic rings. The van der Waals surface area contributed by atoms with Crippen molar-refractivity contribution in [3.8, 4) is 5.75 Å². The second kappa shape index (κ2) is 9.08. The van der Waals surface area contributed by atoms with Crippen LogP contribution < -0.4 is 15.4 Å². The molecular weight excluding hydrogens is 338 g/mol. The van der Waals surface area contributed by atoms with Crippen molar-refractivity contribution < 1.29 is 13.2 Å². The van der Waals surface area contributed by atoms with E-state index in [9.17, 15) is 8.42 Å². The van der Waals surface area contributed by atoms with Gasteiger partial charge in [0, 0.05) is 25.7 Å². The highest BCUT2D eigenvalue weighted by Gasteiger charge is 2.13. The van der Waals surface area contributed by atoms with Crippen molar-refractivity contribution in [2.24, 2.45) is 4.99 Å². The van der Waals surface area contributed by atoms with Gasteiger partial charge in [-0.05, 0) is 18.2 Å². The van der Waals surface area contributed by atoms with Crippen molar-refractivity contribution >= 4 is 15.8 Å². The predicted octanol–water partition coefficient (Wildman–Crippen LogP) is 1.83. The molecule has 134 valence electrons. The smallest absolute Gasteiger partial charge is 0.191 e.